The van der Waals surface area contributed by atoms with E-state index >= 15 is 0 Å². The van der Waals surface area contributed by atoms with E-state index in [2.05, 4.69) is 48.3 Å². The van der Waals surface area contributed by atoms with Crippen LogP contribution in [0.5, 0.6) is 0 Å². The first kappa shape index (κ1) is 11.6. The largest absolute Gasteiger partial charge is 0.297 e. The fraction of sp³-hybridized carbons (Fsp3) is 0.600. The molecule has 1 aliphatic heterocycles. The predicted octanol–water partition coefficient (Wildman–Crippen LogP) is 3.68. The van der Waals surface area contributed by atoms with Crippen LogP contribution in [0.4, 0.5) is 0 Å². The fourth-order valence-electron chi connectivity index (χ4n) is 3.18. The van der Waals surface area contributed by atoms with E-state index in [9.17, 15) is 0 Å². The van der Waals surface area contributed by atoms with Gasteiger partial charge in [-0.25, -0.2) is 0 Å². The molecule has 0 amide bonds. The number of nitrogens with one attached hydrogen (secondary N) is 1. The summed E-state index contributed by atoms with van der Waals surface area (Å²) in [4.78, 5) is 0.213. The van der Waals surface area contributed by atoms with Crippen LogP contribution < -0.4 is 5.32 Å². The first-order chi connectivity index (χ1) is 8.30. The Morgan fingerprint density at radius 1 is 1.29 bits per heavy atom. The molecule has 17 heavy (non-hydrogen) atoms. The molecule has 1 heterocycles. The average molecular weight is 247 g/mol. The SMILES string of the molecule is CC1CCSC2(CCCCc3ccccc32)N1. The minimum Gasteiger partial charge on any atom is -0.297 e. The molecule has 0 aromatic heterocycles. The quantitative estimate of drug-likeness (QED) is 0.750. The van der Waals surface area contributed by atoms with Gasteiger partial charge in [-0.1, -0.05) is 30.7 Å². The van der Waals surface area contributed by atoms with Crippen LogP contribution in [0.3, 0.4) is 0 Å². The summed E-state index contributed by atoms with van der Waals surface area (Å²) in [6.07, 6.45) is 6.54. The lowest BCUT2D eigenvalue weighted by atomic mass is 9.97. The molecule has 1 fully saturated rings. The zero-order valence-corrected chi connectivity index (χ0v) is 11.4. The molecule has 1 N–H and O–H groups in total. The lowest BCUT2D eigenvalue weighted by Crippen LogP contribution is -2.48. The van der Waals surface area contributed by atoms with Crippen molar-refractivity contribution in [2.24, 2.45) is 0 Å². The number of benzene rings is 1. The summed E-state index contributed by atoms with van der Waals surface area (Å²) in [5, 5.41) is 3.89. The van der Waals surface area contributed by atoms with E-state index < -0.39 is 0 Å². The van der Waals surface area contributed by atoms with E-state index in [-0.39, 0.29) is 4.87 Å². The highest BCUT2D eigenvalue weighted by Gasteiger charge is 2.38. The van der Waals surface area contributed by atoms with Gasteiger partial charge >= 0.3 is 0 Å². The molecule has 0 radical (unpaired) electrons. The number of thioether (sulfide) groups is 1. The van der Waals surface area contributed by atoms with Crippen molar-refractivity contribution in [3.8, 4) is 0 Å². The van der Waals surface area contributed by atoms with E-state index in [1.807, 2.05) is 0 Å². The number of hydrogen-bond donors (Lipinski definition) is 1. The second-order valence-electron chi connectivity index (χ2n) is 5.37. The van der Waals surface area contributed by atoms with E-state index in [0.717, 1.165) is 0 Å². The summed E-state index contributed by atoms with van der Waals surface area (Å²) < 4.78 is 0. The van der Waals surface area contributed by atoms with Crippen LogP contribution in [0.1, 0.15) is 43.7 Å². The molecule has 1 aromatic carbocycles. The van der Waals surface area contributed by atoms with Gasteiger partial charge in [-0.2, -0.15) is 0 Å². The van der Waals surface area contributed by atoms with Crippen molar-refractivity contribution >= 4 is 11.8 Å². The maximum absolute atomic E-state index is 3.89. The van der Waals surface area contributed by atoms with Crippen LogP contribution >= 0.6 is 11.8 Å². The summed E-state index contributed by atoms with van der Waals surface area (Å²) in [6.45, 7) is 2.33. The van der Waals surface area contributed by atoms with Crippen LogP contribution in [0, 0.1) is 0 Å². The molecule has 1 aromatic rings. The molecule has 3 rings (SSSR count). The monoisotopic (exact) mass is 247 g/mol. The summed E-state index contributed by atoms with van der Waals surface area (Å²) in [5.74, 6) is 1.29. The summed E-state index contributed by atoms with van der Waals surface area (Å²) >= 11 is 2.14. The van der Waals surface area contributed by atoms with Crippen LogP contribution in [0.25, 0.3) is 0 Å². The third-order valence-corrected chi connectivity index (χ3v) is 5.53. The Morgan fingerprint density at radius 2 is 2.18 bits per heavy atom. The van der Waals surface area contributed by atoms with Crippen molar-refractivity contribution in [2.45, 2.75) is 49.9 Å². The maximum atomic E-state index is 3.89. The Hall–Kier alpha value is -0.470. The van der Waals surface area contributed by atoms with Gasteiger partial charge < -0.3 is 0 Å². The molecule has 1 saturated heterocycles. The van der Waals surface area contributed by atoms with Gasteiger partial charge in [0.25, 0.3) is 0 Å². The van der Waals surface area contributed by atoms with E-state index in [0.29, 0.717) is 6.04 Å². The smallest absolute Gasteiger partial charge is 0.0906 e. The van der Waals surface area contributed by atoms with Crippen LogP contribution in [0.2, 0.25) is 0 Å². The van der Waals surface area contributed by atoms with E-state index in [1.165, 1.54) is 37.9 Å². The molecule has 2 aliphatic rings. The Kier molecular flexibility index (Phi) is 3.18. The Labute approximate surface area is 108 Å². The second kappa shape index (κ2) is 4.66. The van der Waals surface area contributed by atoms with Gasteiger partial charge in [0.05, 0.1) is 4.87 Å². The second-order valence-corrected chi connectivity index (χ2v) is 6.77. The molecule has 1 nitrogen and oxygen atoms in total. The predicted molar refractivity (Wildman–Crippen MR) is 75.3 cm³/mol. The van der Waals surface area contributed by atoms with Gasteiger partial charge in [0.2, 0.25) is 0 Å². The molecular weight excluding hydrogens is 226 g/mol. The molecule has 1 spiro atoms. The van der Waals surface area contributed by atoms with Gasteiger partial charge in [0.1, 0.15) is 0 Å². The van der Waals surface area contributed by atoms with E-state index in [4.69, 9.17) is 0 Å². The summed E-state index contributed by atoms with van der Waals surface area (Å²) in [7, 11) is 0. The molecule has 2 atom stereocenters. The topological polar surface area (TPSA) is 12.0 Å². The molecular formula is C15H21NS. The third kappa shape index (κ3) is 2.13. The Balaban J connectivity index is 2.03. The minimum absolute atomic E-state index is 0.213. The van der Waals surface area contributed by atoms with Crippen molar-refractivity contribution in [2.75, 3.05) is 5.75 Å². The van der Waals surface area contributed by atoms with Gasteiger partial charge in [-0.3, -0.25) is 5.32 Å². The highest BCUT2D eigenvalue weighted by atomic mass is 32.2. The van der Waals surface area contributed by atoms with Crippen molar-refractivity contribution in [3.05, 3.63) is 35.4 Å². The highest BCUT2D eigenvalue weighted by Crippen LogP contribution is 2.45. The Morgan fingerprint density at radius 3 is 3.06 bits per heavy atom. The number of rotatable bonds is 0. The van der Waals surface area contributed by atoms with Crippen molar-refractivity contribution in [1.29, 1.82) is 0 Å². The average Bonchev–Trinajstić information content (AvgIpc) is 2.51. The number of hydrogen-bond acceptors (Lipinski definition) is 2. The molecule has 2 heteroatoms. The van der Waals surface area contributed by atoms with Gasteiger partial charge in [0, 0.05) is 6.04 Å². The Bertz CT molecular complexity index is 404. The fourth-order valence-corrected chi connectivity index (χ4v) is 4.93. The first-order valence-corrected chi connectivity index (χ1v) is 7.79. The maximum Gasteiger partial charge on any atom is 0.0906 e. The van der Waals surface area contributed by atoms with Crippen LogP contribution in [-0.4, -0.2) is 11.8 Å². The number of fused-ring (bicyclic) bond motifs is 2. The molecule has 0 saturated carbocycles. The van der Waals surface area contributed by atoms with Crippen molar-refractivity contribution in [1.82, 2.24) is 5.32 Å². The zero-order valence-electron chi connectivity index (χ0n) is 10.5. The summed E-state index contributed by atoms with van der Waals surface area (Å²) in [6, 6.07) is 9.72. The highest BCUT2D eigenvalue weighted by molar-refractivity contribution is 8.00. The van der Waals surface area contributed by atoms with Gasteiger partial charge in [-0.15, -0.1) is 11.8 Å². The lowest BCUT2D eigenvalue weighted by molar-refractivity contribution is 0.371. The molecule has 2 unspecified atom stereocenters. The van der Waals surface area contributed by atoms with Gasteiger partial charge in [-0.05, 0) is 49.5 Å². The van der Waals surface area contributed by atoms with Crippen molar-refractivity contribution < 1.29 is 0 Å². The first-order valence-electron chi connectivity index (χ1n) is 6.80. The number of aryl methyl sites for hydroxylation is 1. The van der Waals surface area contributed by atoms with Crippen LogP contribution in [-0.2, 0) is 11.3 Å². The van der Waals surface area contributed by atoms with E-state index in [1.54, 1.807) is 11.1 Å². The molecule has 92 valence electrons. The lowest BCUT2D eigenvalue weighted by Gasteiger charge is -2.41. The van der Waals surface area contributed by atoms with Crippen LogP contribution in [0.15, 0.2) is 24.3 Å². The standard InChI is InChI=1S/C15H21NS/c1-12-9-11-17-15(16-12)10-5-4-7-13-6-2-3-8-14(13)15/h2-3,6,8,12,16H,4-5,7,9-11H2,1H3. The normalized spacial score (nSPS) is 33.1. The summed E-state index contributed by atoms with van der Waals surface area (Å²) in [5.41, 5.74) is 3.13. The third-order valence-electron chi connectivity index (χ3n) is 4.06. The van der Waals surface area contributed by atoms with Crippen molar-refractivity contribution in [3.63, 3.8) is 0 Å². The zero-order chi connectivity index (χ0) is 11.7. The minimum atomic E-state index is 0.213. The molecule has 0 bridgehead atoms. The molecule has 1 aliphatic carbocycles. The van der Waals surface area contributed by atoms with Gasteiger partial charge in [0.15, 0.2) is 0 Å².